The van der Waals surface area contributed by atoms with Crippen molar-refractivity contribution >= 4 is 50.7 Å². The van der Waals surface area contributed by atoms with Gasteiger partial charge < -0.3 is 16.0 Å². The number of aromatic nitrogens is 1. The topological polar surface area (TPSA) is 71.2 Å². The number of rotatable bonds is 5. The highest BCUT2D eigenvalue weighted by molar-refractivity contribution is 7.22. The Balaban J connectivity index is 0.00000208. The van der Waals surface area contributed by atoms with Crippen molar-refractivity contribution in [1.82, 2.24) is 4.98 Å². The number of hydrogen-bond acceptors (Lipinski definition) is 5. The minimum absolute atomic E-state index is 0. The number of fused-ring (bicyclic) bond motifs is 1. The Morgan fingerprint density at radius 1 is 1.42 bits per heavy atom. The molecular weight excluding hydrogens is 344 g/mol. The predicted molar refractivity (Wildman–Crippen MR) is 104 cm³/mol. The minimum Gasteiger partial charge on any atom is -0.348 e. The number of halogens is 1. The van der Waals surface area contributed by atoms with E-state index in [0.717, 1.165) is 40.5 Å². The van der Waals surface area contributed by atoms with E-state index in [2.05, 4.69) is 10.2 Å². The van der Waals surface area contributed by atoms with Gasteiger partial charge in [-0.1, -0.05) is 24.7 Å². The third-order valence-electron chi connectivity index (χ3n) is 4.30. The van der Waals surface area contributed by atoms with Gasteiger partial charge in [-0.25, -0.2) is 4.98 Å². The summed E-state index contributed by atoms with van der Waals surface area (Å²) < 4.78 is 1.10. The molecule has 0 saturated carbocycles. The first-order chi connectivity index (χ1) is 11.0. The molecule has 1 fully saturated rings. The van der Waals surface area contributed by atoms with Crippen LogP contribution < -0.4 is 16.0 Å². The van der Waals surface area contributed by atoms with Gasteiger partial charge in [0.15, 0.2) is 5.13 Å². The molecule has 5 nitrogen and oxygen atoms in total. The molecule has 132 valence electrons. The summed E-state index contributed by atoms with van der Waals surface area (Å²) in [5.74, 6) is -0.136. The average Bonchev–Trinajstić information content (AvgIpc) is 3.15. The molecule has 1 amide bonds. The summed E-state index contributed by atoms with van der Waals surface area (Å²) in [6, 6.07) is 5.86. The van der Waals surface area contributed by atoms with Crippen molar-refractivity contribution in [2.75, 3.05) is 23.3 Å². The maximum atomic E-state index is 12.3. The van der Waals surface area contributed by atoms with Gasteiger partial charge in [0.1, 0.15) is 0 Å². The van der Waals surface area contributed by atoms with Crippen LogP contribution in [0.3, 0.4) is 0 Å². The smallest absolute Gasteiger partial charge is 0.244 e. The monoisotopic (exact) mass is 368 g/mol. The van der Waals surface area contributed by atoms with E-state index in [1.165, 1.54) is 12.8 Å². The molecule has 1 aromatic heterocycles. The van der Waals surface area contributed by atoms with Crippen molar-refractivity contribution in [1.29, 1.82) is 0 Å². The zero-order valence-electron chi connectivity index (χ0n) is 14.2. The highest BCUT2D eigenvalue weighted by Crippen LogP contribution is 2.32. The van der Waals surface area contributed by atoms with Crippen LogP contribution in [0.5, 0.6) is 0 Å². The molecule has 0 aliphatic carbocycles. The molecule has 1 saturated heterocycles. The van der Waals surface area contributed by atoms with Gasteiger partial charge in [-0.2, -0.15) is 0 Å². The molecule has 0 radical (unpaired) electrons. The summed E-state index contributed by atoms with van der Waals surface area (Å²) in [6.07, 6.45) is 4.03. The van der Waals surface area contributed by atoms with Crippen LogP contribution in [0.25, 0.3) is 10.2 Å². The standard InChI is InChI=1S/C17H24N4OS.ClH/c1-3-8-17(2,18)15(22)19-12-6-7-13-14(11-12)23-16(20-13)21-9-4-5-10-21;/h6-7,11H,3-5,8-10,18H2,1-2H3,(H,19,22);1H. The molecular formula is C17H25ClN4OS. The fourth-order valence-electron chi connectivity index (χ4n) is 2.94. The molecule has 2 heterocycles. The van der Waals surface area contributed by atoms with Gasteiger partial charge in [0.25, 0.3) is 0 Å². The minimum atomic E-state index is -0.835. The molecule has 7 heteroatoms. The van der Waals surface area contributed by atoms with E-state index in [1.54, 1.807) is 18.3 Å². The van der Waals surface area contributed by atoms with E-state index >= 15 is 0 Å². The third kappa shape index (κ3) is 3.99. The van der Waals surface area contributed by atoms with Crippen molar-refractivity contribution in [2.24, 2.45) is 5.73 Å². The maximum absolute atomic E-state index is 12.3. The van der Waals surface area contributed by atoms with Gasteiger partial charge >= 0.3 is 0 Å². The predicted octanol–water partition coefficient (Wildman–Crippen LogP) is 3.77. The Morgan fingerprint density at radius 2 is 2.12 bits per heavy atom. The van der Waals surface area contributed by atoms with E-state index in [1.807, 2.05) is 25.1 Å². The molecule has 1 atom stereocenters. The second-order valence-electron chi connectivity index (χ2n) is 6.49. The number of nitrogens with two attached hydrogens (primary N) is 1. The fourth-order valence-corrected chi connectivity index (χ4v) is 4.00. The normalized spacial score (nSPS) is 16.7. The number of amides is 1. The summed E-state index contributed by atoms with van der Waals surface area (Å²) >= 11 is 1.69. The first kappa shape index (κ1) is 19.0. The van der Waals surface area contributed by atoms with Crippen LogP contribution in [0.15, 0.2) is 18.2 Å². The van der Waals surface area contributed by atoms with Gasteiger partial charge in [0, 0.05) is 18.8 Å². The lowest BCUT2D eigenvalue weighted by Gasteiger charge is -2.22. The van der Waals surface area contributed by atoms with Crippen LogP contribution in [0.1, 0.15) is 39.5 Å². The number of anilines is 2. The van der Waals surface area contributed by atoms with Crippen molar-refractivity contribution < 1.29 is 4.79 Å². The molecule has 0 bridgehead atoms. The third-order valence-corrected chi connectivity index (χ3v) is 5.38. The van der Waals surface area contributed by atoms with Gasteiger partial charge in [-0.15, -0.1) is 12.4 Å². The first-order valence-corrected chi connectivity index (χ1v) is 9.07. The van der Waals surface area contributed by atoms with E-state index < -0.39 is 5.54 Å². The number of carbonyl (C=O) groups is 1. The lowest BCUT2D eigenvalue weighted by Crippen LogP contribution is -2.48. The quantitative estimate of drug-likeness (QED) is 0.842. The van der Waals surface area contributed by atoms with Crippen LogP contribution in [0, 0.1) is 0 Å². The molecule has 24 heavy (non-hydrogen) atoms. The summed E-state index contributed by atoms with van der Waals surface area (Å²) in [7, 11) is 0. The molecule has 3 N–H and O–H groups in total. The summed E-state index contributed by atoms with van der Waals surface area (Å²) in [6.45, 7) is 5.99. The SMILES string of the molecule is CCCC(C)(N)C(=O)Nc1ccc2nc(N3CCCC3)sc2c1.Cl. The highest BCUT2D eigenvalue weighted by Gasteiger charge is 2.27. The van der Waals surface area contributed by atoms with Crippen molar-refractivity contribution in [2.45, 2.75) is 45.1 Å². The van der Waals surface area contributed by atoms with Crippen molar-refractivity contribution in [3.05, 3.63) is 18.2 Å². The van der Waals surface area contributed by atoms with E-state index in [0.29, 0.717) is 6.42 Å². The van der Waals surface area contributed by atoms with E-state index in [-0.39, 0.29) is 18.3 Å². The number of carbonyl (C=O) groups excluding carboxylic acids is 1. The Bertz CT molecular complexity index is 710. The van der Waals surface area contributed by atoms with Crippen molar-refractivity contribution in [3.63, 3.8) is 0 Å². The van der Waals surface area contributed by atoms with Crippen LogP contribution >= 0.6 is 23.7 Å². The second-order valence-corrected chi connectivity index (χ2v) is 7.50. The molecule has 3 rings (SSSR count). The van der Waals surface area contributed by atoms with Crippen molar-refractivity contribution in [3.8, 4) is 0 Å². The van der Waals surface area contributed by atoms with Crippen LogP contribution in [-0.4, -0.2) is 29.5 Å². The lowest BCUT2D eigenvalue weighted by atomic mass is 9.96. The zero-order chi connectivity index (χ0) is 16.4. The average molecular weight is 369 g/mol. The van der Waals surface area contributed by atoms with E-state index in [4.69, 9.17) is 10.7 Å². The Labute approximate surface area is 153 Å². The van der Waals surface area contributed by atoms with Crippen LogP contribution in [0.2, 0.25) is 0 Å². The van der Waals surface area contributed by atoms with Gasteiger partial charge in [-0.05, 0) is 44.4 Å². The Hall–Kier alpha value is -1.37. The molecule has 1 unspecified atom stereocenters. The summed E-state index contributed by atoms with van der Waals surface area (Å²) in [5, 5.41) is 4.02. The molecule has 2 aromatic rings. The number of thiazole rings is 1. The molecule has 1 aromatic carbocycles. The maximum Gasteiger partial charge on any atom is 0.244 e. The Morgan fingerprint density at radius 3 is 2.79 bits per heavy atom. The second kappa shape index (κ2) is 7.68. The molecule has 0 spiro atoms. The summed E-state index contributed by atoms with van der Waals surface area (Å²) in [4.78, 5) is 19.4. The van der Waals surface area contributed by atoms with Gasteiger partial charge in [0.2, 0.25) is 5.91 Å². The summed E-state index contributed by atoms with van der Waals surface area (Å²) in [5.41, 5.74) is 7.02. The Kier molecular flexibility index (Phi) is 6.06. The number of nitrogens with zero attached hydrogens (tertiary/aromatic N) is 2. The first-order valence-electron chi connectivity index (χ1n) is 8.25. The van der Waals surface area contributed by atoms with E-state index in [9.17, 15) is 4.79 Å². The molecule has 1 aliphatic rings. The van der Waals surface area contributed by atoms with Crippen LogP contribution in [-0.2, 0) is 4.79 Å². The number of benzene rings is 1. The number of hydrogen-bond donors (Lipinski definition) is 2. The number of nitrogens with one attached hydrogen (secondary N) is 1. The zero-order valence-corrected chi connectivity index (χ0v) is 15.8. The molecule has 1 aliphatic heterocycles. The largest absolute Gasteiger partial charge is 0.348 e. The lowest BCUT2D eigenvalue weighted by molar-refractivity contribution is -0.120. The van der Waals surface area contributed by atoms with Gasteiger partial charge in [0.05, 0.1) is 15.8 Å². The fraction of sp³-hybridized carbons (Fsp3) is 0.529. The van der Waals surface area contributed by atoms with Crippen LogP contribution in [0.4, 0.5) is 10.8 Å². The van der Waals surface area contributed by atoms with Gasteiger partial charge in [-0.3, -0.25) is 4.79 Å². The highest BCUT2D eigenvalue weighted by atomic mass is 35.5.